The Hall–Kier alpha value is -2.28. The molecule has 0 bridgehead atoms. The maximum Gasteiger partial charge on any atom is 0.337 e. The van der Waals surface area contributed by atoms with Crippen molar-refractivity contribution in [3.8, 4) is 5.69 Å². The van der Waals surface area contributed by atoms with Crippen molar-refractivity contribution in [1.29, 1.82) is 0 Å². The zero-order valence-electron chi connectivity index (χ0n) is 8.11. The Morgan fingerprint density at radius 3 is 2.81 bits per heavy atom. The smallest absolute Gasteiger partial charge is 0.337 e. The lowest BCUT2D eigenvalue weighted by molar-refractivity contribution is 0.0696. The number of aliphatic hydroxyl groups is 1. The van der Waals surface area contributed by atoms with Crippen LogP contribution in [-0.4, -0.2) is 36.4 Å². The van der Waals surface area contributed by atoms with Crippen LogP contribution in [0.15, 0.2) is 24.5 Å². The summed E-state index contributed by atoms with van der Waals surface area (Å²) in [6.07, 6.45) is 1.29. The Labute approximate surface area is 90.0 Å². The molecule has 0 aliphatic carbocycles. The van der Waals surface area contributed by atoms with Crippen LogP contribution in [-0.2, 0) is 6.61 Å². The number of carboxylic acids is 1. The first-order valence-corrected chi connectivity index (χ1v) is 4.43. The maximum absolute atomic E-state index is 11.0. The zero-order valence-corrected chi connectivity index (χ0v) is 8.11. The summed E-state index contributed by atoms with van der Waals surface area (Å²) >= 11 is 0. The second-order valence-electron chi connectivity index (χ2n) is 3.07. The van der Waals surface area contributed by atoms with Crippen LogP contribution in [0.3, 0.4) is 0 Å². The number of aliphatic hydroxyl groups excluding tert-OH is 1. The molecule has 0 unspecified atom stereocenters. The summed E-state index contributed by atoms with van der Waals surface area (Å²) < 4.78 is 1.24. The lowest BCUT2D eigenvalue weighted by Crippen LogP contribution is -2.07. The summed E-state index contributed by atoms with van der Waals surface area (Å²) in [4.78, 5) is 11.0. The first kappa shape index (κ1) is 10.2. The minimum absolute atomic E-state index is 0.0736. The summed E-state index contributed by atoms with van der Waals surface area (Å²) in [6, 6.07) is 4.47. The van der Waals surface area contributed by atoms with E-state index in [1.165, 1.54) is 29.2 Å². The fourth-order valence-corrected chi connectivity index (χ4v) is 1.32. The van der Waals surface area contributed by atoms with Crippen molar-refractivity contribution in [2.75, 3.05) is 0 Å². The summed E-state index contributed by atoms with van der Waals surface area (Å²) in [5, 5.41) is 28.4. The lowest BCUT2D eigenvalue weighted by Gasteiger charge is -2.06. The van der Waals surface area contributed by atoms with Crippen molar-refractivity contribution in [2.45, 2.75) is 6.61 Å². The molecule has 16 heavy (non-hydrogen) atoms. The molecule has 0 spiro atoms. The van der Waals surface area contributed by atoms with E-state index in [1.807, 2.05) is 0 Å². The highest BCUT2D eigenvalue weighted by Gasteiger charge is 2.13. The number of benzene rings is 1. The molecule has 0 saturated carbocycles. The molecule has 1 aromatic heterocycles. The van der Waals surface area contributed by atoms with Crippen LogP contribution in [0.5, 0.6) is 0 Å². The Morgan fingerprint density at radius 1 is 1.44 bits per heavy atom. The highest BCUT2D eigenvalue weighted by atomic mass is 16.4. The van der Waals surface area contributed by atoms with Crippen molar-refractivity contribution < 1.29 is 15.0 Å². The van der Waals surface area contributed by atoms with Gasteiger partial charge in [-0.1, -0.05) is 6.07 Å². The second-order valence-corrected chi connectivity index (χ2v) is 3.07. The highest BCUT2D eigenvalue weighted by molar-refractivity contribution is 5.92. The number of rotatable bonds is 3. The second kappa shape index (κ2) is 4.07. The molecule has 7 heteroatoms. The zero-order chi connectivity index (χ0) is 11.5. The Kier molecular flexibility index (Phi) is 2.61. The molecule has 0 amide bonds. The fraction of sp³-hybridized carbons (Fsp3) is 0.111. The van der Waals surface area contributed by atoms with Gasteiger partial charge in [0.2, 0.25) is 0 Å². The van der Waals surface area contributed by atoms with Gasteiger partial charge in [-0.25, -0.2) is 4.79 Å². The lowest BCUT2D eigenvalue weighted by atomic mass is 10.1. The van der Waals surface area contributed by atoms with Gasteiger partial charge in [-0.2, -0.15) is 4.68 Å². The third-order valence-electron chi connectivity index (χ3n) is 2.07. The van der Waals surface area contributed by atoms with E-state index >= 15 is 0 Å². The normalized spacial score (nSPS) is 10.3. The van der Waals surface area contributed by atoms with Crippen LogP contribution in [0.1, 0.15) is 15.9 Å². The minimum Gasteiger partial charge on any atom is -0.478 e. The van der Waals surface area contributed by atoms with Gasteiger partial charge >= 0.3 is 5.97 Å². The van der Waals surface area contributed by atoms with Gasteiger partial charge < -0.3 is 10.2 Å². The van der Waals surface area contributed by atoms with Gasteiger partial charge in [0.1, 0.15) is 6.33 Å². The molecule has 2 aromatic rings. The van der Waals surface area contributed by atoms with Crippen molar-refractivity contribution >= 4 is 5.97 Å². The number of tetrazole rings is 1. The average Bonchev–Trinajstić information content (AvgIpc) is 2.81. The average molecular weight is 220 g/mol. The molecule has 0 radical (unpaired) electrons. The van der Waals surface area contributed by atoms with Gasteiger partial charge in [0.25, 0.3) is 0 Å². The Bertz CT molecular complexity index is 509. The van der Waals surface area contributed by atoms with Gasteiger partial charge in [0.15, 0.2) is 0 Å². The van der Waals surface area contributed by atoms with Crippen LogP contribution < -0.4 is 0 Å². The monoisotopic (exact) mass is 220 g/mol. The van der Waals surface area contributed by atoms with Crippen molar-refractivity contribution in [3.63, 3.8) is 0 Å². The van der Waals surface area contributed by atoms with E-state index in [9.17, 15) is 4.79 Å². The van der Waals surface area contributed by atoms with Gasteiger partial charge in [-0.15, -0.1) is 5.10 Å². The predicted octanol–water partition coefficient (Wildman–Crippen LogP) is -0.147. The van der Waals surface area contributed by atoms with Gasteiger partial charge in [0.05, 0.1) is 17.9 Å². The number of nitrogens with zero attached hydrogens (tertiary/aromatic N) is 4. The van der Waals surface area contributed by atoms with Crippen LogP contribution in [0.25, 0.3) is 5.69 Å². The molecule has 0 aliphatic rings. The Morgan fingerprint density at radius 2 is 2.25 bits per heavy atom. The van der Waals surface area contributed by atoms with Crippen LogP contribution in [0.4, 0.5) is 0 Å². The molecular formula is C9H8N4O3. The number of aromatic carboxylic acids is 1. The van der Waals surface area contributed by atoms with Gasteiger partial charge in [-0.05, 0) is 28.1 Å². The first-order valence-electron chi connectivity index (χ1n) is 4.43. The SMILES string of the molecule is O=C(O)c1ccc(CO)cc1-n1cnnn1. The molecule has 0 fully saturated rings. The molecule has 0 saturated heterocycles. The van der Waals surface area contributed by atoms with E-state index in [1.54, 1.807) is 0 Å². The number of carboxylic acid groups (broad SMARTS) is 1. The number of carbonyl (C=O) groups is 1. The maximum atomic E-state index is 11.0. The molecule has 0 atom stereocenters. The van der Waals surface area contributed by atoms with E-state index in [-0.39, 0.29) is 12.2 Å². The first-order chi connectivity index (χ1) is 7.72. The van der Waals surface area contributed by atoms with E-state index < -0.39 is 5.97 Å². The fourth-order valence-electron chi connectivity index (χ4n) is 1.32. The largest absolute Gasteiger partial charge is 0.478 e. The van der Waals surface area contributed by atoms with E-state index in [2.05, 4.69) is 15.5 Å². The topological polar surface area (TPSA) is 101 Å². The van der Waals surface area contributed by atoms with Gasteiger partial charge in [-0.3, -0.25) is 0 Å². The summed E-state index contributed by atoms with van der Waals surface area (Å²) in [6.45, 7) is -0.172. The molecule has 2 rings (SSSR count). The predicted molar refractivity (Wildman–Crippen MR) is 52.0 cm³/mol. The number of aromatic nitrogens is 4. The summed E-state index contributed by atoms with van der Waals surface area (Å²) in [5.41, 5.74) is 0.990. The summed E-state index contributed by atoms with van der Waals surface area (Å²) in [7, 11) is 0. The number of hydrogen-bond donors (Lipinski definition) is 2. The molecule has 82 valence electrons. The van der Waals surface area contributed by atoms with Crippen LogP contribution in [0.2, 0.25) is 0 Å². The van der Waals surface area contributed by atoms with Crippen LogP contribution in [0, 0.1) is 0 Å². The molecular weight excluding hydrogens is 212 g/mol. The van der Waals surface area contributed by atoms with Gasteiger partial charge in [0, 0.05) is 0 Å². The molecule has 1 heterocycles. The third-order valence-corrected chi connectivity index (χ3v) is 2.07. The van der Waals surface area contributed by atoms with Crippen molar-refractivity contribution in [1.82, 2.24) is 20.2 Å². The minimum atomic E-state index is -1.07. The molecule has 0 aliphatic heterocycles. The highest BCUT2D eigenvalue weighted by Crippen LogP contribution is 2.15. The molecule has 7 nitrogen and oxygen atoms in total. The number of hydrogen-bond acceptors (Lipinski definition) is 5. The standard InChI is InChI=1S/C9H8N4O3/c14-4-6-1-2-7(9(15)16)8(3-6)13-5-10-11-12-13/h1-3,5,14H,4H2,(H,15,16). The van der Waals surface area contributed by atoms with E-state index in [4.69, 9.17) is 10.2 Å². The van der Waals surface area contributed by atoms with Crippen LogP contribution >= 0.6 is 0 Å². The van der Waals surface area contributed by atoms with E-state index in [0.717, 1.165) is 0 Å². The Balaban J connectivity index is 2.59. The molecule has 1 aromatic carbocycles. The van der Waals surface area contributed by atoms with E-state index in [0.29, 0.717) is 11.3 Å². The molecule has 2 N–H and O–H groups in total. The quantitative estimate of drug-likeness (QED) is 0.746. The summed E-state index contributed by atoms with van der Waals surface area (Å²) in [5.74, 6) is -1.07. The third kappa shape index (κ3) is 1.75. The van der Waals surface area contributed by atoms with Crippen molar-refractivity contribution in [2.24, 2.45) is 0 Å². The van der Waals surface area contributed by atoms with Crippen molar-refractivity contribution in [3.05, 3.63) is 35.7 Å².